The Bertz CT molecular complexity index is 294. The molecule has 0 aliphatic carbocycles. The van der Waals surface area contributed by atoms with Gasteiger partial charge in [0.2, 0.25) is 0 Å². The first-order valence-corrected chi connectivity index (χ1v) is 11.3. The third-order valence-corrected chi connectivity index (χ3v) is 11.1. The van der Waals surface area contributed by atoms with E-state index in [2.05, 4.69) is 12.1 Å². The minimum absolute atomic E-state index is 0.526. The molecule has 0 N–H and O–H groups in total. The summed E-state index contributed by atoms with van der Waals surface area (Å²) in [6.07, 6.45) is 3.80. The van der Waals surface area contributed by atoms with E-state index >= 15 is 0 Å². The molecule has 0 bridgehead atoms. The molecule has 0 saturated carbocycles. The number of benzene rings is 1. The standard InChI is InChI=1S/C7H7.C4H5F.In/c1-7-5-3-2-4-6-7;1-2-3-4-5;/h2-6H,1H2;2-4H,1H2;. The van der Waals surface area contributed by atoms with Crippen LogP contribution in [0.2, 0.25) is 4.18 Å². The summed E-state index contributed by atoms with van der Waals surface area (Å²) in [7, 11) is 0. The minimum atomic E-state index is -1.87. The van der Waals surface area contributed by atoms with E-state index in [0.717, 1.165) is 8.35 Å². The van der Waals surface area contributed by atoms with Crippen LogP contribution in [0.25, 0.3) is 0 Å². The van der Waals surface area contributed by atoms with Gasteiger partial charge in [0.05, 0.1) is 0 Å². The molecule has 0 amide bonds. The quantitative estimate of drug-likeness (QED) is 0.730. The normalized spacial score (nSPS) is 21.0. The second-order valence-corrected chi connectivity index (χ2v) is 12.2. The van der Waals surface area contributed by atoms with Gasteiger partial charge in [-0.3, -0.25) is 0 Å². The number of hydrogen-bond donors (Lipinski definition) is 0. The van der Waals surface area contributed by atoms with Crippen LogP contribution in [0, 0.1) is 0 Å². The van der Waals surface area contributed by atoms with Crippen molar-refractivity contribution in [2.75, 3.05) is 0 Å². The van der Waals surface area contributed by atoms with Crippen LogP contribution in [0.15, 0.2) is 42.5 Å². The second kappa shape index (κ2) is 4.32. The zero-order chi connectivity index (χ0) is 9.10. The van der Waals surface area contributed by atoms with Crippen LogP contribution in [0.5, 0.6) is 0 Å². The van der Waals surface area contributed by atoms with Crippen molar-refractivity contribution in [3.63, 3.8) is 0 Å². The fourth-order valence-corrected chi connectivity index (χ4v) is 8.94. The molecule has 0 saturated heterocycles. The van der Waals surface area contributed by atoms with Gasteiger partial charge in [-0.05, 0) is 0 Å². The van der Waals surface area contributed by atoms with Gasteiger partial charge in [-0.2, -0.15) is 0 Å². The molecule has 1 aromatic rings. The Balaban J connectivity index is 1.99. The zero-order valence-corrected chi connectivity index (χ0v) is 10.8. The van der Waals surface area contributed by atoms with Crippen LogP contribution < -0.4 is 0 Å². The fraction of sp³-hybridized carbons (Fsp3) is 0.273. The van der Waals surface area contributed by atoms with E-state index < -0.39 is 25.4 Å². The average Bonchev–Trinajstić information content (AvgIpc) is 2.54. The molecule has 0 radical (unpaired) electrons. The molecule has 2 heteroatoms. The molecule has 66 valence electrons. The molecule has 0 spiro atoms. The van der Waals surface area contributed by atoms with Gasteiger partial charge in [0, 0.05) is 0 Å². The summed E-state index contributed by atoms with van der Waals surface area (Å²) < 4.78 is 14.9. The van der Waals surface area contributed by atoms with Crippen LogP contribution in [-0.4, -0.2) is 25.4 Å². The molecule has 13 heavy (non-hydrogen) atoms. The Morgan fingerprint density at radius 2 is 2.08 bits per heavy atom. The molecule has 1 aliphatic rings. The Kier molecular flexibility index (Phi) is 3.09. The Morgan fingerprint density at radius 1 is 1.31 bits per heavy atom. The Hall–Kier alpha value is -0.240. The van der Waals surface area contributed by atoms with Crippen molar-refractivity contribution in [3.8, 4) is 0 Å². The zero-order valence-electron chi connectivity index (χ0n) is 7.49. The van der Waals surface area contributed by atoms with Crippen molar-refractivity contribution in [1.29, 1.82) is 0 Å². The van der Waals surface area contributed by atoms with Gasteiger partial charge >= 0.3 is 86.2 Å². The molecule has 1 aliphatic heterocycles. The summed E-state index contributed by atoms with van der Waals surface area (Å²) in [5.41, 5.74) is 1.33. The van der Waals surface area contributed by atoms with Gasteiger partial charge in [0.1, 0.15) is 0 Å². The molecule has 1 aromatic carbocycles. The maximum absolute atomic E-state index is 13.3. The van der Waals surface area contributed by atoms with E-state index in [1.807, 2.05) is 24.3 Å². The summed E-state index contributed by atoms with van der Waals surface area (Å²) in [4.78, 5) is 0. The molecular formula is C11H12FIn. The first-order chi connectivity index (χ1) is 6.36. The first-order valence-electron chi connectivity index (χ1n) is 4.71. The topological polar surface area (TPSA) is 0 Å². The summed E-state index contributed by atoms with van der Waals surface area (Å²) in [6.45, 7) is 0. The average molecular weight is 278 g/mol. The van der Waals surface area contributed by atoms with Crippen LogP contribution in [0.1, 0.15) is 5.56 Å². The molecule has 1 unspecified atom stereocenters. The van der Waals surface area contributed by atoms with E-state index in [9.17, 15) is 4.39 Å². The Labute approximate surface area is 86.0 Å². The van der Waals surface area contributed by atoms with E-state index in [1.54, 1.807) is 6.08 Å². The predicted octanol–water partition coefficient (Wildman–Crippen LogP) is 2.71. The summed E-state index contributed by atoms with van der Waals surface area (Å²) in [5, 5.41) is 0. The molecule has 0 nitrogen and oxygen atoms in total. The summed E-state index contributed by atoms with van der Waals surface area (Å²) in [5.74, 6) is 0. The number of halogens is 1. The van der Waals surface area contributed by atoms with Crippen LogP contribution in [0.3, 0.4) is 0 Å². The summed E-state index contributed by atoms with van der Waals surface area (Å²) in [6, 6.07) is 10.3. The monoisotopic (exact) mass is 278 g/mol. The SMILES string of the molecule is F[CH]1C=C[CH2][In]1[CH2]c1ccccc1. The van der Waals surface area contributed by atoms with Gasteiger partial charge < -0.3 is 0 Å². The third-order valence-electron chi connectivity index (χ3n) is 2.55. The number of allylic oxidation sites excluding steroid dienone is 2. The van der Waals surface area contributed by atoms with Crippen molar-refractivity contribution >= 4 is 21.4 Å². The first kappa shape index (κ1) is 9.32. The van der Waals surface area contributed by atoms with Crippen molar-refractivity contribution in [3.05, 3.63) is 48.0 Å². The van der Waals surface area contributed by atoms with Crippen molar-refractivity contribution in [2.24, 2.45) is 0 Å². The van der Waals surface area contributed by atoms with Crippen molar-refractivity contribution < 1.29 is 4.39 Å². The third kappa shape index (κ3) is 2.37. The number of rotatable bonds is 2. The molecule has 1 heterocycles. The number of hydrogen-bond acceptors (Lipinski definition) is 0. The molecule has 1 atom stereocenters. The number of alkyl halides is 1. The van der Waals surface area contributed by atoms with Gasteiger partial charge in [-0.25, -0.2) is 0 Å². The summed E-state index contributed by atoms with van der Waals surface area (Å²) >= 11 is -1.87. The van der Waals surface area contributed by atoms with E-state index in [-0.39, 0.29) is 0 Å². The van der Waals surface area contributed by atoms with Crippen molar-refractivity contribution in [2.45, 2.75) is 12.3 Å². The van der Waals surface area contributed by atoms with Crippen LogP contribution in [-0.2, 0) is 4.18 Å². The molecule has 0 aromatic heterocycles. The van der Waals surface area contributed by atoms with Gasteiger partial charge in [-0.15, -0.1) is 0 Å². The van der Waals surface area contributed by atoms with Gasteiger partial charge in [-0.1, -0.05) is 0 Å². The molecule has 0 fully saturated rings. The Morgan fingerprint density at radius 3 is 2.69 bits per heavy atom. The van der Waals surface area contributed by atoms with Crippen LogP contribution >= 0.6 is 0 Å². The van der Waals surface area contributed by atoms with Crippen molar-refractivity contribution in [1.82, 2.24) is 0 Å². The maximum atomic E-state index is 13.3. The fourth-order valence-electron chi connectivity index (χ4n) is 1.78. The van der Waals surface area contributed by atoms with Gasteiger partial charge in [0.15, 0.2) is 0 Å². The molecular weight excluding hydrogens is 266 g/mol. The van der Waals surface area contributed by atoms with E-state index in [4.69, 9.17) is 0 Å². The second-order valence-electron chi connectivity index (χ2n) is 3.56. The van der Waals surface area contributed by atoms with Gasteiger partial charge in [0.25, 0.3) is 0 Å². The van der Waals surface area contributed by atoms with E-state index in [1.165, 1.54) is 5.56 Å². The predicted molar refractivity (Wildman–Crippen MR) is 54.7 cm³/mol. The van der Waals surface area contributed by atoms with Crippen LogP contribution in [0.4, 0.5) is 4.39 Å². The molecule has 2 rings (SSSR count). The van der Waals surface area contributed by atoms with E-state index in [0.29, 0.717) is 0 Å².